The van der Waals surface area contributed by atoms with Gasteiger partial charge in [0.1, 0.15) is 5.75 Å². The van der Waals surface area contributed by atoms with Gasteiger partial charge in [-0.2, -0.15) is 0 Å². The van der Waals surface area contributed by atoms with Crippen LogP contribution >= 0.6 is 11.3 Å². The summed E-state index contributed by atoms with van der Waals surface area (Å²) in [6.07, 6.45) is -0.217. The molecule has 0 spiro atoms. The molecule has 0 radical (unpaired) electrons. The highest BCUT2D eigenvalue weighted by Gasteiger charge is 2.13. The number of thiazole rings is 1. The number of fused-ring (bicyclic) bond motifs is 1. The van der Waals surface area contributed by atoms with Gasteiger partial charge in [0.15, 0.2) is 11.7 Å². The monoisotopic (exact) mass is 415 g/mol. The van der Waals surface area contributed by atoms with Gasteiger partial charge in [-0.1, -0.05) is 11.3 Å². The number of esters is 1. The third kappa shape index (κ3) is 5.26. The first-order chi connectivity index (χ1) is 13.8. The van der Waals surface area contributed by atoms with Gasteiger partial charge in [0.25, 0.3) is 11.6 Å². The van der Waals surface area contributed by atoms with E-state index in [0.29, 0.717) is 22.0 Å². The average molecular weight is 415 g/mol. The summed E-state index contributed by atoms with van der Waals surface area (Å²) in [5.74, 6) is -0.511. The second-order valence-corrected chi connectivity index (χ2v) is 7.27. The molecule has 0 unspecified atom stereocenters. The van der Waals surface area contributed by atoms with Crippen molar-refractivity contribution < 1.29 is 24.0 Å². The minimum atomic E-state index is -0.516. The lowest BCUT2D eigenvalue weighted by molar-refractivity contribution is -0.384. The molecule has 0 atom stereocenters. The number of non-ortho nitro benzene ring substituents is 1. The molecule has 0 saturated heterocycles. The number of rotatable bonds is 7. The Balaban J connectivity index is 1.61. The molecule has 0 fully saturated rings. The van der Waals surface area contributed by atoms with Crippen LogP contribution in [0.1, 0.15) is 24.2 Å². The molecular formula is C19H17N3O6S. The minimum Gasteiger partial charge on any atom is -0.484 e. The van der Waals surface area contributed by atoms with E-state index >= 15 is 0 Å². The summed E-state index contributed by atoms with van der Waals surface area (Å²) in [5, 5.41) is 13.6. The lowest BCUT2D eigenvalue weighted by Gasteiger charge is -2.07. The Bertz CT molecular complexity index is 1060. The second-order valence-electron chi connectivity index (χ2n) is 6.24. The summed E-state index contributed by atoms with van der Waals surface area (Å²) >= 11 is 1.22. The molecule has 0 bridgehead atoms. The van der Waals surface area contributed by atoms with E-state index in [1.807, 2.05) is 0 Å². The van der Waals surface area contributed by atoms with Gasteiger partial charge >= 0.3 is 5.97 Å². The van der Waals surface area contributed by atoms with Crippen molar-refractivity contribution in [1.29, 1.82) is 0 Å². The Labute approximate surface area is 169 Å². The summed E-state index contributed by atoms with van der Waals surface area (Å²) in [4.78, 5) is 38.5. The number of hydrogen-bond acceptors (Lipinski definition) is 8. The summed E-state index contributed by atoms with van der Waals surface area (Å²) in [6.45, 7) is 3.27. The normalized spacial score (nSPS) is 10.7. The fourth-order valence-corrected chi connectivity index (χ4v) is 3.28. The zero-order valence-corrected chi connectivity index (χ0v) is 16.4. The van der Waals surface area contributed by atoms with Gasteiger partial charge in [-0.15, -0.1) is 0 Å². The third-order valence-electron chi connectivity index (χ3n) is 3.63. The van der Waals surface area contributed by atoms with Crippen LogP contribution in [0.4, 0.5) is 10.8 Å². The molecule has 9 nitrogen and oxygen atoms in total. The maximum Gasteiger partial charge on any atom is 0.338 e. The van der Waals surface area contributed by atoms with Crippen molar-refractivity contribution in [2.45, 2.75) is 20.0 Å². The SMILES string of the molecule is CC(C)OC(=O)c1ccc2nc(NC(=O)COc3ccc([N+](=O)[O-])cc3)sc2c1. The van der Waals surface area contributed by atoms with E-state index in [1.165, 1.54) is 35.6 Å². The summed E-state index contributed by atoms with van der Waals surface area (Å²) in [5.41, 5.74) is 0.991. The van der Waals surface area contributed by atoms with Gasteiger partial charge in [-0.25, -0.2) is 9.78 Å². The Hall–Kier alpha value is -3.53. The number of benzene rings is 2. The summed E-state index contributed by atoms with van der Waals surface area (Å²) in [6, 6.07) is 10.4. The van der Waals surface area contributed by atoms with Crippen LogP contribution in [0.25, 0.3) is 10.2 Å². The predicted molar refractivity (Wildman–Crippen MR) is 107 cm³/mol. The maximum absolute atomic E-state index is 12.1. The Morgan fingerprint density at radius 1 is 1.21 bits per heavy atom. The Kier molecular flexibility index (Phi) is 6.03. The van der Waals surface area contributed by atoms with Crippen molar-refractivity contribution in [1.82, 2.24) is 4.98 Å². The molecular weight excluding hydrogens is 398 g/mol. The smallest absolute Gasteiger partial charge is 0.338 e. The number of ether oxygens (including phenoxy) is 2. The van der Waals surface area contributed by atoms with Crippen molar-refractivity contribution in [3.05, 3.63) is 58.1 Å². The average Bonchev–Trinajstić information content (AvgIpc) is 3.07. The standard InChI is InChI=1S/C19H17N3O6S/c1-11(2)28-18(24)12-3-8-15-16(9-12)29-19(20-15)21-17(23)10-27-14-6-4-13(5-7-14)22(25)26/h3-9,11H,10H2,1-2H3,(H,20,21,23). The van der Waals surface area contributed by atoms with Gasteiger partial charge in [0.05, 0.1) is 26.8 Å². The first-order valence-corrected chi connectivity index (χ1v) is 9.42. The van der Waals surface area contributed by atoms with Crippen molar-refractivity contribution >= 4 is 44.2 Å². The van der Waals surface area contributed by atoms with E-state index in [-0.39, 0.29) is 18.4 Å². The molecule has 1 heterocycles. The van der Waals surface area contributed by atoms with Gasteiger partial charge in [-0.05, 0) is 44.2 Å². The fourth-order valence-electron chi connectivity index (χ4n) is 2.36. The number of carbonyl (C=O) groups is 2. The van der Waals surface area contributed by atoms with Crippen LogP contribution in [-0.4, -0.2) is 34.5 Å². The van der Waals surface area contributed by atoms with Crippen LogP contribution in [0.15, 0.2) is 42.5 Å². The fraction of sp³-hybridized carbons (Fsp3) is 0.211. The van der Waals surface area contributed by atoms with Crippen LogP contribution in [-0.2, 0) is 9.53 Å². The Morgan fingerprint density at radius 3 is 2.59 bits per heavy atom. The van der Waals surface area contributed by atoms with Crippen LogP contribution in [0.3, 0.4) is 0 Å². The molecule has 10 heteroatoms. The number of nitrogens with one attached hydrogen (secondary N) is 1. The zero-order chi connectivity index (χ0) is 21.0. The predicted octanol–water partition coefficient (Wildman–Crippen LogP) is 3.79. The molecule has 0 aliphatic heterocycles. The van der Waals surface area contributed by atoms with Gasteiger partial charge in [0, 0.05) is 12.1 Å². The van der Waals surface area contributed by atoms with Crippen LogP contribution < -0.4 is 10.1 Å². The highest BCUT2D eigenvalue weighted by molar-refractivity contribution is 7.22. The molecule has 29 heavy (non-hydrogen) atoms. The number of carbonyl (C=O) groups excluding carboxylic acids is 2. The van der Waals surface area contributed by atoms with Crippen molar-refractivity contribution in [2.24, 2.45) is 0 Å². The van der Waals surface area contributed by atoms with Crippen LogP contribution in [0.5, 0.6) is 5.75 Å². The molecule has 1 N–H and O–H groups in total. The summed E-state index contributed by atoms with van der Waals surface area (Å²) < 4.78 is 11.2. The molecule has 3 aromatic rings. The van der Waals surface area contributed by atoms with Gasteiger partial charge in [-0.3, -0.25) is 20.2 Å². The minimum absolute atomic E-state index is 0.0621. The lowest BCUT2D eigenvalue weighted by atomic mass is 10.2. The quantitative estimate of drug-likeness (QED) is 0.354. The number of nitro groups is 1. The van der Waals surface area contributed by atoms with Crippen LogP contribution in [0, 0.1) is 10.1 Å². The van der Waals surface area contributed by atoms with E-state index in [4.69, 9.17) is 9.47 Å². The van der Waals surface area contributed by atoms with E-state index in [9.17, 15) is 19.7 Å². The first kappa shape index (κ1) is 20.2. The molecule has 3 rings (SSSR count). The van der Waals surface area contributed by atoms with Crippen molar-refractivity contribution in [3.63, 3.8) is 0 Å². The molecule has 1 aromatic heterocycles. The number of anilines is 1. The zero-order valence-electron chi connectivity index (χ0n) is 15.6. The Morgan fingerprint density at radius 2 is 1.93 bits per heavy atom. The topological polar surface area (TPSA) is 121 Å². The second kappa shape index (κ2) is 8.65. The summed E-state index contributed by atoms with van der Waals surface area (Å²) in [7, 11) is 0. The number of hydrogen-bond donors (Lipinski definition) is 1. The molecule has 1 amide bonds. The highest BCUT2D eigenvalue weighted by atomic mass is 32.1. The van der Waals surface area contributed by atoms with Gasteiger partial charge in [0.2, 0.25) is 0 Å². The molecule has 2 aromatic carbocycles. The van der Waals surface area contributed by atoms with Gasteiger partial charge < -0.3 is 9.47 Å². The van der Waals surface area contributed by atoms with Crippen LogP contribution in [0.2, 0.25) is 0 Å². The number of amides is 1. The number of nitrogens with zero attached hydrogens (tertiary/aromatic N) is 2. The lowest BCUT2D eigenvalue weighted by Crippen LogP contribution is -2.19. The largest absolute Gasteiger partial charge is 0.484 e. The molecule has 150 valence electrons. The van der Waals surface area contributed by atoms with E-state index in [2.05, 4.69) is 10.3 Å². The first-order valence-electron chi connectivity index (χ1n) is 8.60. The van der Waals surface area contributed by atoms with Crippen molar-refractivity contribution in [2.75, 3.05) is 11.9 Å². The molecule has 0 saturated carbocycles. The van der Waals surface area contributed by atoms with E-state index in [1.54, 1.807) is 32.0 Å². The highest BCUT2D eigenvalue weighted by Crippen LogP contribution is 2.27. The molecule has 0 aliphatic carbocycles. The van der Waals surface area contributed by atoms with Crippen molar-refractivity contribution in [3.8, 4) is 5.75 Å². The van der Waals surface area contributed by atoms with E-state index in [0.717, 1.165) is 4.70 Å². The number of nitro benzene ring substituents is 1. The number of aromatic nitrogens is 1. The molecule has 0 aliphatic rings. The third-order valence-corrected chi connectivity index (χ3v) is 4.56. The van der Waals surface area contributed by atoms with E-state index < -0.39 is 16.8 Å². The maximum atomic E-state index is 12.1.